The molecule has 2 aromatic rings. The zero-order chi connectivity index (χ0) is 20.3. The molecular formula is C20H23N3O5. The molecule has 148 valence electrons. The van der Waals surface area contributed by atoms with Crippen LogP contribution in [0.1, 0.15) is 26.3 Å². The number of benzene rings is 2. The molecule has 28 heavy (non-hydrogen) atoms. The number of anilines is 2. The Hall–Kier alpha value is -3.29. The van der Waals surface area contributed by atoms with E-state index in [9.17, 15) is 14.9 Å². The van der Waals surface area contributed by atoms with E-state index in [-0.39, 0.29) is 17.7 Å². The Balaban J connectivity index is 1.74. The number of nitrogens with one attached hydrogen (secondary N) is 2. The lowest BCUT2D eigenvalue weighted by molar-refractivity contribution is -0.384. The molecule has 0 aliphatic carbocycles. The number of carbonyl (C=O) groups is 1. The second-order valence-corrected chi connectivity index (χ2v) is 6.68. The van der Waals surface area contributed by atoms with Gasteiger partial charge in [-0.15, -0.1) is 0 Å². The van der Waals surface area contributed by atoms with Gasteiger partial charge in [0.25, 0.3) is 5.69 Å². The highest BCUT2D eigenvalue weighted by molar-refractivity contribution is 5.96. The number of nitro benzene ring substituents is 1. The summed E-state index contributed by atoms with van der Waals surface area (Å²) in [5.74, 6) is 1.12. The molecule has 0 radical (unpaired) electrons. The van der Waals surface area contributed by atoms with Gasteiger partial charge in [0, 0.05) is 35.9 Å². The summed E-state index contributed by atoms with van der Waals surface area (Å²) in [5, 5.41) is 16.7. The average Bonchev–Trinajstić information content (AvgIpc) is 3.01. The topological polar surface area (TPSA) is 103 Å². The normalized spacial score (nSPS) is 15.9. The number of rotatable bonds is 7. The Bertz CT molecular complexity index is 899. The predicted octanol–water partition coefficient (Wildman–Crippen LogP) is 3.76. The van der Waals surface area contributed by atoms with Crippen molar-refractivity contribution in [2.75, 3.05) is 17.2 Å². The highest BCUT2D eigenvalue weighted by atomic mass is 16.6. The Morgan fingerprint density at radius 3 is 2.89 bits per heavy atom. The van der Waals surface area contributed by atoms with Crippen molar-refractivity contribution in [3.05, 3.63) is 52.1 Å². The van der Waals surface area contributed by atoms with Gasteiger partial charge in [0.1, 0.15) is 23.6 Å². The molecule has 0 fully saturated rings. The molecule has 1 aliphatic heterocycles. The van der Waals surface area contributed by atoms with Crippen LogP contribution in [-0.4, -0.2) is 29.6 Å². The van der Waals surface area contributed by atoms with Crippen molar-refractivity contribution in [1.29, 1.82) is 0 Å². The minimum Gasteiger partial charge on any atom is -0.492 e. The lowest BCUT2D eigenvalue weighted by Crippen LogP contribution is -2.32. The van der Waals surface area contributed by atoms with Gasteiger partial charge in [-0.25, -0.2) is 0 Å². The maximum absolute atomic E-state index is 12.5. The standard InChI is InChI=1S/C20H23N3O5/c1-4-27-19-9-14-8-12(2)28-18(14)11-17(19)21-13(3)20(24)22-15-6-5-7-16(10-15)23(25)26/h5-7,9-13,21H,4,8H2,1-3H3,(H,22,24)/t12-,13+/m1/s1. The fourth-order valence-corrected chi connectivity index (χ4v) is 3.07. The number of hydrogen-bond donors (Lipinski definition) is 2. The van der Waals surface area contributed by atoms with Crippen LogP contribution >= 0.6 is 0 Å². The highest BCUT2D eigenvalue weighted by Crippen LogP contribution is 2.38. The van der Waals surface area contributed by atoms with E-state index < -0.39 is 11.0 Å². The van der Waals surface area contributed by atoms with E-state index in [1.165, 1.54) is 18.2 Å². The molecule has 0 saturated carbocycles. The molecule has 0 unspecified atom stereocenters. The van der Waals surface area contributed by atoms with E-state index in [1.807, 2.05) is 26.0 Å². The number of amides is 1. The van der Waals surface area contributed by atoms with Crippen LogP contribution in [0.4, 0.5) is 17.1 Å². The van der Waals surface area contributed by atoms with Gasteiger partial charge >= 0.3 is 0 Å². The molecule has 2 atom stereocenters. The van der Waals surface area contributed by atoms with Crippen molar-refractivity contribution in [2.45, 2.75) is 39.3 Å². The van der Waals surface area contributed by atoms with Crippen molar-refractivity contribution in [2.24, 2.45) is 0 Å². The number of fused-ring (bicyclic) bond motifs is 1. The van der Waals surface area contributed by atoms with Gasteiger partial charge < -0.3 is 20.1 Å². The van der Waals surface area contributed by atoms with Crippen molar-refractivity contribution in [3.8, 4) is 11.5 Å². The first-order chi connectivity index (χ1) is 13.4. The number of ether oxygens (including phenoxy) is 2. The summed E-state index contributed by atoms with van der Waals surface area (Å²) in [5.41, 5.74) is 2.03. The quantitative estimate of drug-likeness (QED) is 0.556. The molecule has 0 aromatic heterocycles. The molecular weight excluding hydrogens is 362 g/mol. The Labute approximate surface area is 163 Å². The number of carbonyl (C=O) groups excluding carboxylic acids is 1. The largest absolute Gasteiger partial charge is 0.492 e. The van der Waals surface area contributed by atoms with Crippen LogP contribution < -0.4 is 20.1 Å². The first kappa shape index (κ1) is 19.5. The number of nitrogens with zero attached hydrogens (tertiary/aromatic N) is 1. The van der Waals surface area contributed by atoms with E-state index in [1.54, 1.807) is 13.0 Å². The van der Waals surface area contributed by atoms with Crippen LogP contribution in [-0.2, 0) is 11.2 Å². The minimum atomic E-state index is -0.602. The van der Waals surface area contributed by atoms with Crippen molar-refractivity contribution in [1.82, 2.24) is 0 Å². The fraction of sp³-hybridized carbons (Fsp3) is 0.350. The third-order valence-corrected chi connectivity index (χ3v) is 4.39. The first-order valence-corrected chi connectivity index (χ1v) is 9.15. The van der Waals surface area contributed by atoms with Gasteiger partial charge in [-0.05, 0) is 32.9 Å². The molecule has 1 aliphatic rings. The fourth-order valence-electron chi connectivity index (χ4n) is 3.07. The summed E-state index contributed by atoms with van der Waals surface area (Å²) >= 11 is 0. The summed E-state index contributed by atoms with van der Waals surface area (Å²) < 4.78 is 11.5. The maximum atomic E-state index is 12.5. The third kappa shape index (κ3) is 4.33. The Morgan fingerprint density at radius 2 is 2.18 bits per heavy atom. The van der Waals surface area contributed by atoms with Crippen molar-refractivity contribution >= 4 is 23.0 Å². The maximum Gasteiger partial charge on any atom is 0.271 e. The summed E-state index contributed by atoms with van der Waals surface area (Å²) in [6, 6.07) is 9.01. The Morgan fingerprint density at radius 1 is 1.39 bits per heavy atom. The molecule has 8 heteroatoms. The van der Waals surface area contributed by atoms with E-state index >= 15 is 0 Å². The van der Waals surface area contributed by atoms with E-state index in [0.29, 0.717) is 23.7 Å². The van der Waals surface area contributed by atoms with E-state index in [2.05, 4.69) is 10.6 Å². The molecule has 1 heterocycles. The van der Waals surface area contributed by atoms with Crippen LogP contribution in [0.3, 0.4) is 0 Å². The second kappa shape index (κ2) is 8.16. The van der Waals surface area contributed by atoms with Gasteiger partial charge in [0.05, 0.1) is 17.2 Å². The monoisotopic (exact) mass is 385 g/mol. The van der Waals surface area contributed by atoms with Gasteiger partial charge in [0.15, 0.2) is 0 Å². The molecule has 1 amide bonds. The van der Waals surface area contributed by atoms with E-state index in [4.69, 9.17) is 9.47 Å². The van der Waals surface area contributed by atoms with Gasteiger partial charge in [0.2, 0.25) is 5.91 Å². The van der Waals surface area contributed by atoms with Gasteiger partial charge in [-0.1, -0.05) is 6.07 Å². The van der Waals surface area contributed by atoms with Crippen LogP contribution in [0.25, 0.3) is 0 Å². The van der Waals surface area contributed by atoms with Crippen LogP contribution in [0.15, 0.2) is 36.4 Å². The molecule has 0 bridgehead atoms. The van der Waals surface area contributed by atoms with Crippen LogP contribution in [0, 0.1) is 10.1 Å². The number of nitro groups is 1. The number of hydrogen-bond acceptors (Lipinski definition) is 6. The molecule has 8 nitrogen and oxygen atoms in total. The molecule has 2 aromatic carbocycles. The van der Waals surface area contributed by atoms with Crippen LogP contribution in [0.5, 0.6) is 11.5 Å². The lowest BCUT2D eigenvalue weighted by atomic mass is 10.1. The first-order valence-electron chi connectivity index (χ1n) is 9.15. The SMILES string of the molecule is CCOc1cc2c(cc1N[C@@H](C)C(=O)Nc1cccc([N+](=O)[O-])c1)O[C@H](C)C2. The second-order valence-electron chi connectivity index (χ2n) is 6.68. The third-order valence-electron chi connectivity index (χ3n) is 4.39. The number of non-ortho nitro benzene ring substituents is 1. The summed E-state index contributed by atoms with van der Waals surface area (Å²) in [6.07, 6.45) is 0.924. The molecule has 2 N–H and O–H groups in total. The average molecular weight is 385 g/mol. The van der Waals surface area contributed by atoms with Gasteiger partial charge in [-0.3, -0.25) is 14.9 Å². The zero-order valence-electron chi connectivity index (χ0n) is 16.0. The predicted molar refractivity (Wildman–Crippen MR) is 106 cm³/mol. The molecule has 0 spiro atoms. The van der Waals surface area contributed by atoms with E-state index in [0.717, 1.165) is 17.7 Å². The lowest BCUT2D eigenvalue weighted by Gasteiger charge is -2.19. The van der Waals surface area contributed by atoms with Crippen LogP contribution in [0.2, 0.25) is 0 Å². The van der Waals surface area contributed by atoms with Gasteiger partial charge in [-0.2, -0.15) is 0 Å². The molecule has 0 saturated heterocycles. The smallest absolute Gasteiger partial charge is 0.271 e. The summed E-state index contributed by atoms with van der Waals surface area (Å²) in [6.45, 7) is 6.11. The van der Waals surface area contributed by atoms with Crippen molar-refractivity contribution in [3.63, 3.8) is 0 Å². The summed E-state index contributed by atoms with van der Waals surface area (Å²) in [4.78, 5) is 22.9. The Kier molecular flexibility index (Phi) is 5.67. The molecule has 3 rings (SSSR count). The zero-order valence-corrected chi connectivity index (χ0v) is 16.0. The summed E-state index contributed by atoms with van der Waals surface area (Å²) in [7, 11) is 0. The minimum absolute atomic E-state index is 0.0815. The van der Waals surface area contributed by atoms with Crippen molar-refractivity contribution < 1.29 is 19.2 Å². The highest BCUT2D eigenvalue weighted by Gasteiger charge is 2.23.